The minimum atomic E-state index is -3.49. The van der Waals surface area contributed by atoms with Crippen molar-refractivity contribution in [2.75, 3.05) is 13.1 Å². The van der Waals surface area contributed by atoms with Crippen LogP contribution in [0, 0.1) is 0 Å². The molecule has 114 valence electrons. The van der Waals surface area contributed by atoms with E-state index in [1.807, 2.05) is 26.8 Å². The molecular formula is C13H22N2O4S. The van der Waals surface area contributed by atoms with Crippen LogP contribution in [0.3, 0.4) is 0 Å². The Morgan fingerprint density at radius 3 is 2.60 bits per heavy atom. The Morgan fingerprint density at radius 2 is 2.05 bits per heavy atom. The Hall–Kier alpha value is -0.890. The molecule has 0 saturated carbocycles. The van der Waals surface area contributed by atoms with Crippen LogP contribution >= 0.6 is 0 Å². The number of nitrogens with one attached hydrogen (secondary N) is 1. The Kier molecular flexibility index (Phi) is 4.85. The molecule has 1 saturated heterocycles. The Balaban J connectivity index is 1.96. The smallest absolute Gasteiger partial charge is 0.279 e. The van der Waals surface area contributed by atoms with Gasteiger partial charge in [-0.1, -0.05) is 0 Å². The first kappa shape index (κ1) is 15.5. The van der Waals surface area contributed by atoms with E-state index in [1.54, 1.807) is 12.3 Å². The first-order chi connectivity index (χ1) is 9.37. The minimum absolute atomic E-state index is 0.0873. The van der Waals surface area contributed by atoms with Gasteiger partial charge in [0.15, 0.2) is 0 Å². The number of hydrogen-bond donors (Lipinski definition) is 1. The van der Waals surface area contributed by atoms with Crippen LogP contribution < -0.4 is 4.72 Å². The molecule has 0 amide bonds. The third-order valence-corrected chi connectivity index (χ3v) is 4.84. The molecule has 7 heteroatoms. The van der Waals surface area contributed by atoms with E-state index in [9.17, 15) is 8.42 Å². The molecule has 2 heterocycles. The molecule has 0 radical (unpaired) electrons. The second-order valence-corrected chi connectivity index (χ2v) is 7.08. The van der Waals surface area contributed by atoms with E-state index in [1.165, 1.54) is 4.31 Å². The average molecular weight is 302 g/mol. The molecule has 0 aliphatic carbocycles. The van der Waals surface area contributed by atoms with Gasteiger partial charge in [0.25, 0.3) is 10.2 Å². The number of hydrogen-bond acceptors (Lipinski definition) is 4. The maximum absolute atomic E-state index is 12.3. The Labute approximate surface area is 120 Å². The van der Waals surface area contributed by atoms with Gasteiger partial charge in [0.05, 0.1) is 18.5 Å². The van der Waals surface area contributed by atoms with Gasteiger partial charge in [-0.15, -0.1) is 0 Å². The van der Waals surface area contributed by atoms with Crippen molar-refractivity contribution in [3.8, 4) is 0 Å². The molecule has 20 heavy (non-hydrogen) atoms. The summed E-state index contributed by atoms with van der Waals surface area (Å²) in [6.45, 7) is 6.35. The highest BCUT2D eigenvalue weighted by Crippen LogP contribution is 2.14. The molecule has 6 nitrogen and oxygen atoms in total. The maximum Gasteiger partial charge on any atom is 0.279 e. The number of ether oxygens (including phenoxy) is 1. The third-order valence-electron chi connectivity index (χ3n) is 3.16. The van der Waals surface area contributed by atoms with Crippen LogP contribution in [0.2, 0.25) is 0 Å². The van der Waals surface area contributed by atoms with Crippen molar-refractivity contribution in [3.05, 3.63) is 24.2 Å². The van der Waals surface area contributed by atoms with Gasteiger partial charge in [0.1, 0.15) is 5.76 Å². The van der Waals surface area contributed by atoms with E-state index in [0.717, 1.165) is 5.76 Å². The highest BCUT2D eigenvalue weighted by atomic mass is 32.2. The fraction of sp³-hybridized carbons (Fsp3) is 0.692. The van der Waals surface area contributed by atoms with Gasteiger partial charge in [0.2, 0.25) is 0 Å². The summed E-state index contributed by atoms with van der Waals surface area (Å²) in [5.74, 6) is 0.768. The molecular weight excluding hydrogens is 280 g/mol. The number of furan rings is 1. The van der Waals surface area contributed by atoms with E-state index in [-0.39, 0.29) is 18.2 Å². The maximum atomic E-state index is 12.3. The predicted molar refractivity (Wildman–Crippen MR) is 75.5 cm³/mol. The van der Waals surface area contributed by atoms with Gasteiger partial charge < -0.3 is 9.15 Å². The molecule has 0 spiro atoms. The summed E-state index contributed by atoms with van der Waals surface area (Å²) in [7, 11) is -3.49. The van der Waals surface area contributed by atoms with Gasteiger partial charge in [-0.2, -0.15) is 17.4 Å². The summed E-state index contributed by atoms with van der Waals surface area (Å²) in [5.41, 5.74) is 0. The van der Waals surface area contributed by atoms with E-state index in [2.05, 4.69) is 4.72 Å². The number of nitrogens with zero attached hydrogens (tertiary/aromatic N) is 1. The lowest BCUT2D eigenvalue weighted by Gasteiger charge is -2.34. The summed E-state index contributed by atoms with van der Waals surface area (Å²) in [6, 6.07) is 3.41. The van der Waals surface area contributed by atoms with Crippen molar-refractivity contribution in [2.45, 2.75) is 45.4 Å². The standard InChI is InChI=1S/C13H22N2O4S/c1-10(7-13-5-4-6-18-13)14-20(16,17)15-8-11(2)19-12(3)9-15/h4-6,10-12,14H,7-9H2,1-3H3/t10-,11-,12+/m1/s1. The number of rotatable bonds is 5. The lowest BCUT2D eigenvalue weighted by atomic mass is 10.2. The van der Waals surface area contributed by atoms with Gasteiger partial charge in [-0.25, -0.2) is 0 Å². The highest BCUT2D eigenvalue weighted by Gasteiger charge is 2.31. The topological polar surface area (TPSA) is 71.8 Å². The SMILES string of the molecule is C[C@H](Cc1ccco1)NS(=O)(=O)N1C[C@@H](C)O[C@@H](C)C1. The van der Waals surface area contributed by atoms with Crippen molar-refractivity contribution >= 4 is 10.2 Å². The zero-order chi connectivity index (χ0) is 14.8. The molecule has 1 N–H and O–H groups in total. The van der Waals surface area contributed by atoms with E-state index in [0.29, 0.717) is 19.5 Å². The van der Waals surface area contributed by atoms with Crippen LogP contribution in [-0.2, 0) is 21.4 Å². The third kappa shape index (κ3) is 4.05. The molecule has 3 atom stereocenters. The molecule has 1 fully saturated rings. The van der Waals surface area contributed by atoms with Crippen molar-refractivity contribution < 1.29 is 17.6 Å². The second-order valence-electron chi connectivity index (χ2n) is 5.38. The van der Waals surface area contributed by atoms with Crippen LogP contribution in [-0.4, -0.2) is 44.1 Å². The van der Waals surface area contributed by atoms with Gasteiger partial charge in [-0.3, -0.25) is 0 Å². The summed E-state index contributed by atoms with van der Waals surface area (Å²) in [6.07, 6.45) is 1.94. The van der Waals surface area contributed by atoms with Gasteiger partial charge in [0, 0.05) is 25.6 Å². The first-order valence-corrected chi connectivity index (χ1v) is 8.26. The zero-order valence-corrected chi connectivity index (χ0v) is 12.9. The highest BCUT2D eigenvalue weighted by molar-refractivity contribution is 7.87. The van der Waals surface area contributed by atoms with Crippen molar-refractivity contribution in [1.29, 1.82) is 0 Å². The van der Waals surface area contributed by atoms with Crippen LogP contribution in [0.4, 0.5) is 0 Å². The lowest BCUT2D eigenvalue weighted by molar-refractivity contribution is -0.0444. The summed E-state index contributed by atoms with van der Waals surface area (Å²) in [5, 5.41) is 0. The quantitative estimate of drug-likeness (QED) is 0.886. The fourth-order valence-electron chi connectivity index (χ4n) is 2.43. The lowest BCUT2D eigenvalue weighted by Crippen LogP contribution is -2.53. The van der Waals surface area contributed by atoms with E-state index in [4.69, 9.17) is 9.15 Å². The summed E-state index contributed by atoms with van der Waals surface area (Å²) in [4.78, 5) is 0. The normalized spacial score (nSPS) is 26.6. The molecule has 2 rings (SSSR count). The fourth-order valence-corrected chi connectivity index (χ4v) is 3.98. The Morgan fingerprint density at radius 1 is 1.40 bits per heavy atom. The van der Waals surface area contributed by atoms with E-state index < -0.39 is 10.2 Å². The summed E-state index contributed by atoms with van der Waals surface area (Å²) < 4.78 is 39.6. The average Bonchev–Trinajstić information content (AvgIpc) is 2.79. The Bertz CT molecular complexity index is 504. The zero-order valence-electron chi connectivity index (χ0n) is 12.1. The van der Waals surface area contributed by atoms with Gasteiger partial charge >= 0.3 is 0 Å². The van der Waals surface area contributed by atoms with E-state index >= 15 is 0 Å². The number of morpholine rings is 1. The van der Waals surface area contributed by atoms with Crippen LogP contribution in [0.25, 0.3) is 0 Å². The molecule has 0 bridgehead atoms. The van der Waals surface area contributed by atoms with Crippen molar-refractivity contribution in [2.24, 2.45) is 0 Å². The minimum Gasteiger partial charge on any atom is -0.469 e. The first-order valence-electron chi connectivity index (χ1n) is 6.82. The molecule has 1 aromatic heterocycles. The second kappa shape index (κ2) is 6.26. The van der Waals surface area contributed by atoms with Crippen molar-refractivity contribution in [1.82, 2.24) is 9.03 Å². The molecule has 1 aromatic rings. The molecule has 0 aromatic carbocycles. The largest absolute Gasteiger partial charge is 0.469 e. The monoisotopic (exact) mass is 302 g/mol. The van der Waals surface area contributed by atoms with Crippen LogP contribution in [0.5, 0.6) is 0 Å². The van der Waals surface area contributed by atoms with Crippen LogP contribution in [0.15, 0.2) is 22.8 Å². The van der Waals surface area contributed by atoms with Gasteiger partial charge in [-0.05, 0) is 32.9 Å². The van der Waals surface area contributed by atoms with Crippen LogP contribution in [0.1, 0.15) is 26.5 Å². The molecule has 1 aliphatic rings. The summed E-state index contributed by atoms with van der Waals surface area (Å²) >= 11 is 0. The molecule has 0 unspecified atom stereocenters. The predicted octanol–water partition coefficient (Wildman–Crippen LogP) is 1.15. The molecule has 1 aliphatic heterocycles. The van der Waals surface area contributed by atoms with Crippen molar-refractivity contribution in [3.63, 3.8) is 0 Å².